The van der Waals surface area contributed by atoms with Crippen molar-refractivity contribution in [2.24, 2.45) is 5.92 Å². The number of nitrogens with zero attached hydrogens (tertiary/aromatic N) is 4. The molecule has 0 spiro atoms. The zero-order valence-electron chi connectivity index (χ0n) is 31.1. The van der Waals surface area contributed by atoms with Crippen LogP contribution in [0.4, 0.5) is 23.0 Å². The van der Waals surface area contributed by atoms with Crippen LogP contribution in [0.15, 0.2) is 116 Å². The molecule has 0 saturated heterocycles. The lowest BCUT2D eigenvalue weighted by atomic mass is 10.1. The number of nitrogens with one attached hydrogen (secondary N) is 2. The smallest absolute Gasteiger partial charge is 0.339 e. The molecule has 4 aromatic heterocycles. The molecule has 7 aromatic rings. The molecule has 0 radical (unpaired) electrons. The molecule has 4 heterocycles. The Morgan fingerprint density at radius 3 is 1.71 bits per heavy atom. The lowest BCUT2D eigenvalue weighted by molar-refractivity contribution is 0.0686. The van der Waals surface area contributed by atoms with E-state index in [9.17, 15) is 19.8 Å². The Labute approximate surface area is 324 Å². The van der Waals surface area contributed by atoms with Gasteiger partial charge < -0.3 is 30.0 Å². The van der Waals surface area contributed by atoms with Gasteiger partial charge in [0.25, 0.3) is 0 Å². The summed E-state index contributed by atoms with van der Waals surface area (Å²) in [7, 11) is 0. The maximum Gasteiger partial charge on any atom is 0.339 e. The molecule has 3 aliphatic carbocycles. The van der Waals surface area contributed by atoms with Gasteiger partial charge in [-0.2, -0.15) is 0 Å². The molecule has 0 bridgehead atoms. The number of carbonyl (C=O) groups is 2. The highest BCUT2D eigenvalue weighted by Gasteiger charge is 2.27. The average molecular weight is 745 g/mol. The molecule has 3 aromatic carbocycles. The fourth-order valence-electron chi connectivity index (χ4n) is 7.98. The van der Waals surface area contributed by atoms with Crippen LogP contribution in [0.1, 0.15) is 95.0 Å². The molecule has 56 heavy (non-hydrogen) atoms. The normalized spacial score (nSPS) is 15.4. The molecular weight excluding hydrogens is 701 g/mol. The van der Waals surface area contributed by atoms with Crippen LogP contribution in [-0.2, 0) is 6.54 Å². The number of aromatic carboxylic acids is 2. The summed E-state index contributed by atoms with van der Waals surface area (Å²) in [5.74, 6) is 0.612. The van der Waals surface area contributed by atoms with Crippen molar-refractivity contribution < 1.29 is 19.8 Å². The van der Waals surface area contributed by atoms with E-state index in [1.165, 1.54) is 31.2 Å². The highest BCUT2D eigenvalue weighted by molar-refractivity contribution is 5.96. The zero-order valence-corrected chi connectivity index (χ0v) is 31.1. The lowest BCUT2D eigenvalue weighted by Crippen LogP contribution is -2.06. The number of benzene rings is 3. The molecule has 0 aliphatic heterocycles. The van der Waals surface area contributed by atoms with Gasteiger partial charge in [-0.25, -0.2) is 19.6 Å². The molecule has 3 fully saturated rings. The van der Waals surface area contributed by atoms with E-state index < -0.39 is 11.9 Å². The fraction of sp³-hybridized carbons (Fsp3) is 0.261. The third kappa shape index (κ3) is 7.60. The standard InChI is InChI=1S/C23H25N3O2.C23H19N3O2/c27-23(28)20-12-18(16-5-6-16)13-24-22(20)25-19-7-8-21-17(11-19)9-10-26(21)14-15-3-1-2-4-15;27-23(28)20-13-17(15-6-7-15)14-24-22(20)25-18-8-9-21-16(12-18)10-11-26(21)19-4-2-1-3-5-19/h7-13,15-16H,1-6,14H2,(H,24,25)(H,27,28);1-5,8-15H,6-7H2,(H,24,25)(H,27,28). The molecule has 4 N–H and O–H groups in total. The van der Waals surface area contributed by atoms with Gasteiger partial charge in [0.2, 0.25) is 0 Å². The van der Waals surface area contributed by atoms with E-state index in [0.29, 0.717) is 23.5 Å². The van der Waals surface area contributed by atoms with Crippen molar-refractivity contribution in [1.29, 1.82) is 0 Å². The highest BCUT2D eigenvalue weighted by Crippen LogP contribution is 2.42. The van der Waals surface area contributed by atoms with E-state index in [0.717, 1.165) is 82.6 Å². The Bertz CT molecular complexity index is 2560. The Kier molecular flexibility index (Phi) is 9.46. The van der Waals surface area contributed by atoms with E-state index in [4.69, 9.17) is 0 Å². The Morgan fingerprint density at radius 1 is 0.625 bits per heavy atom. The molecule has 3 saturated carbocycles. The van der Waals surface area contributed by atoms with Crippen molar-refractivity contribution in [3.05, 3.63) is 138 Å². The van der Waals surface area contributed by atoms with Crippen molar-refractivity contribution >= 4 is 56.8 Å². The third-order valence-electron chi connectivity index (χ3n) is 11.3. The molecule has 3 aliphatic rings. The molecule has 282 valence electrons. The minimum absolute atomic E-state index is 0.214. The minimum Gasteiger partial charge on any atom is -0.478 e. The summed E-state index contributed by atoms with van der Waals surface area (Å²) in [5.41, 5.74) is 7.59. The number of hydrogen-bond acceptors (Lipinski definition) is 6. The molecule has 10 rings (SSSR count). The molecule has 0 unspecified atom stereocenters. The molecule has 0 amide bonds. The van der Waals surface area contributed by atoms with Crippen molar-refractivity contribution in [3.63, 3.8) is 0 Å². The van der Waals surface area contributed by atoms with Crippen molar-refractivity contribution in [2.75, 3.05) is 10.6 Å². The van der Waals surface area contributed by atoms with E-state index in [2.05, 4.69) is 72.3 Å². The first-order valence-corrected chi connectivity index (χ1v) is 19.6. The Morgan fingerprint density at radius 2 is 1.16 bits per heavy atom. The summed E-state index contributed by atoms with van der Waals surface area (Å²) in [5, 5.41) is 27.8. The Hall–Kier alpha value is -6.42. The fourth-order valence-corrected chi connectivity index (χ4v) is 7.98. The summed E-state index contributed by atoms with van der Waals surface area (Å²) < 4.78 is 4.48. The second kappa shape index (κ2) is 15.0. The van der Waals surface area contributed by atoms with E-state index in [1.807, 2.05) is 54.9 Å². The second-order valence-corrected chi connectivity index (χ2v) is 15.4. The predicted octanol–water partition coefficient (Wildman–Crippen LogP) is 10.9. The first-order valence-electron chi connectivity index (χ1n) is 19.6. The molecule has 10 nitrogen and oxygen atoms in total. The van der Waals surface area contributed by atoms with Crippen molar-refractivity contribution in [1.82, 2.24) is 19.1 Å². The number of fused-ring (bicyclic) bond motifs is 2. The van der Waals surface area contributed by atoms with Gasteiger partial charge in [-0.15, -0.1) is 0 Å². The highest BCUT2D eigenvalue weighted by atomic mass is 16.4. The van der Waals surface area contributed by atoms with Gasteiger partial charge in [-0.3, -0.25) is 0 Å². The van der Waals surface area contributed by atoms with Gasteiger partial charge in [-0.1, -0.05) is 31.0 Å². The van der Waals surface area contributed by atoms with Crippen molar-refractivity contribution in [3.8, 4) is 5.69 Å². The number of carboxylic acids is 2. The summed E-state index contributed by atoms with van der Waals surface area (Å²) in [6.45, 7) is 1.09. The quantitative estimate of drug-likeness (QED) is 0.103. The van der Waals surface area contributed by atoms with Gasteiger partial charge in [0, 0.05) is 64.7 Å². The maximum atomic E-state index is 11.7. The SMILES string of the molecule is O=C(O)c1cc(C2CC2)cnc1Nc1ccc2c(ccn2-c2ccccc2)c1.O=C(O)c1cc(C2CC2)cnc1Nc1ccc2c(ccn2CC2CCCC2)c1. The number of rotatable bonds is 11. The third-order valence-corrected chi connectivity index (χ3v) is 11.3. The van der Waals surface area contributed by atoms with Gasteiger partial charge >= 0.3 is 11.9 Å². The number of pyridine rings is 2. The summed E-state index contributed by atoms with van der Waals surface area (Å²) >= 11 is 0. The van der Waals surface area contributed by atoms with Crippen LogP contribution in [0, 0.1) is 5.92 Å². The summed E-state index contributed by atoms with van der Waals surface area (Å²) in [6, 6.07) is 30.1. The zero-order chi connectivity index (χ0) is 38.2. The average Bonchev–Trinajstić information content (AvgIpc) is 4.12. The first kappa shape index (κ1) is 35.3. The molecule has 10 heteroatoms. The van der Waals surface area contributed by atoms with E-state index >= 15 is 0 Å². The largest absolute Gasteiger partial charge is 0.478 e. The summed E-state index contributed by atoms with van der Waals surface area (Å²) in [4.78, 5) is 32.2. The van der Waals surface area contributed by atoms with E-state index in [1.54, 1.807) is 18.3 Å². The number of carboxylic acid groups (broad SMARTS) is 2. The molecule has 0 atom stereocenters. The number of hydrogen-bond donors (Lipinski definition) is 4. The monoisotopic (exact) mass is 744 g/mol. The van der Waals surface area contributed by atoms with Crippen LogP contribution in [0.5, 0.6) is 0 Å². The van der Waals surface area contributed by atoms with Crippen LogP contribution in [0.2, 0.25) is 0 Å². The van der Waals surface area contributed by atoms with Gasteiger partial charge in [0.1, 0.15) is 22.8 Å². The van der Waals surface area contributed by atoms with E-state index in [-0.39, 0.29) is 11.1 Å². The van der Waals surface area contributed by atoms with Crippen LogP contribution in [-0.4, -0.2) is 41.3 Å². The number of aromatic nitrogens is 4. The maximum absolute atomic E-state index is 11.7. The lowest BCUT2D eigenvalue weighted by Gasteiger charge is -2.13. The first-order chi connectivity index (χ1) is 27.4. The minimum atomic E-state index is -0.964. The van der Waals surface area contributed by atoms with Gasteiger partial charge in [0.05, 0.1) is 5.52 Å². The van der Waals surface area contributed by atoms with Crippen molar-refractivity contribution in [2.45, 2.75) is 69.7 Å². The van der Waals surface area contributed by atoms with Crippen LogP contribution in [0.25, 0.3) is 27.5 Å². The predicted molar refractivity (Wildman–Crippen MR) is 220 cm³/mol. The topological polar surface area (TPSA) is 134 Å². The van der Waals surface area contributed by atoms with Gasteiger partial charge in [-0.05, 0) is 140 Å². The Balaban J connectivity index is 0.000000146. The summed E-state index contributed by atoms with van der Waals surface area (Å²) in [6.07, 6.45) is 17.7. The second-order valence-electron chi connectivity index (χ2n) is 15.4. The molecular formula is C46H44N6O4. The van der Waals surface area contributed by atoms with Crippen LogP contribution >= 0.6 is 0 Å². The number of para-hydroxylation sites is 1. The number of anilines is 4. The van der Waals surface area contributed by atoms with Gasteiger partial charge in [0.15, 0.2) is 0 Å². The van der Waals surface area contributed by atoms with Crippen LogP contribution in [0.3, 0.4) is 0 Å². The van der Waals surface area contributed by atoms with Crippen LogP contribution < -0.4 is 10.6 Å².